The molecule has 1 aliphatic heterocycles. The van der Waals surface area contributed by atoms with Crippen molar-refractivity contribution < 1.29 is 18.0 Å². The average molecular weight is 375 g/mol. The second-order valence-electron chi connectivity index (χ2n) is 5.99. The van der Waals surface area contributed by atoms with E-state index in [4.69, 9.17) is 0 Å². The largest absolute Gasteiger partial charge is 0.354 e. The third-order valence-electron chi connectivity index (χ3n) is 4.04. The number of sulfonamides is 1. The molecule has 26 heavy (non-hydrogen) atoms. The van der Waals surface area contributed by atoms with Crippen molar-refractivity contribution in [2.24, 2.45) is 0 Å². The average Bonchev–Trinajstić information content (AvgIpc) is 3.09. The summed E-state index contributed by atoms with van der Waals surface area (Å²) in [6.07, 6.45) is 4.09. The Morgan fingerprint density at radius 2 is 2.04 bits per heavy atom. The molecule has 1 aromatic heterocycles. The highest BCUT2D eigenvalue weighted by molar-refractivity contribution is 7.89. The lowest BCUT2D eigenvalue weighted by molar-refractivity contribution is -0.122. The van der Waals surface area contributed by atoms with Crippen molar-refractivity contribution in [1.29, 1.82) is 0 Å². The van der Waals surface area contributed by atoms with Crippen molar-refractivity contribution >= 4 is 21.7 Å². The van der Waals surface area contributed by atoms with Gasteiger partial charge in [0.15, 0.2) is 5.78 Å². The van der Waals surface area contributed by atoms with Gasteiger partial charge in [-0.05, 0) is 5.56 Å². The second-order valence-corrected chi connectivity index (χ2v) is 8.07. The van der Waals surface area contributed by atoms with Gasteiger partial charge in [-0.15, -0.1) is 0 Å². The predicted molar refractivity (Wildman–Crippen MR) is 93.9 cm³/mol. The topological polar surface area (TPSA) is 101 Å². The Labute approximate surface area is 151 Å². The smallest absolute Gasteiger partial charge is 0.235 e. The maximum Gasteiger partial charge on any atom is 0.235 e. The van der Waals surface area contributed by atoms with E-state index in [-0.39, 0.29) is 49.1 Å². The zero-order valence-corrected chi connectivity index (χ0v) is 14.9. The summed E-state index contributed by atoms with van der Waals surface area (Å²) in [5, 5.41) is 6.67. The van der Waals surface area contributed by atoms with E-state index in [0.717, 1.165) is 9.87 Å². The summed E-state index contributed by atoms with van der Waals surface area (Å²) >= 11 is 0. The van der Waals surface area contributed by atoms with Gasteiger partial charge in [-0.1, -0.05) is 30.3 Å². The van der Waals surface area contributed by atoms with E-state index in [1.807, 2.05) is 30.3 Å². The summed E-state index contributed by atoms with van der Waals surface area (Å²) in [7, 11) is -3.65. The molecule has 1 aromatic carbocycles. The molecule has 2 aromatic rings. The highest BCUT2D eigenvalue weighted by Gasteiger charge is 2.28. The van der Waals surface area contributed by atoms with E-state index < -0.39 is 10.0 Å². The standard InChI is InChI=1S/C17H19N4O4S/c22-16(6-9-26(24,25)21-8-7-18-17(23)13-21)15-10-19-20(12-15)11-14-4-2-1-3-5-14/h1-5,10H,6-9,11,13H2,(H,18,23). The van der Waals surface area contributed by atoms with Crippen LogP contribution in [0.4, 0.5) is 0 Å². The third-order valence-corrected chi connectivity index (χ3v) is 5.85. The fourth-order valence-corrected chi connectivity index (χ4v) is 4.02. The van der Waals surface area contributed by atoms with E-state index >= 15 is 0 Å². The minimum absolute atomic E-state index is 0.173. The number of aromatic nitrogens is 2. The number of carbonyl (C=O) groups excluding carboxylic acids is 2. The number of nitrogens with one attached hydrogen (secondary N) is 1. The lowest BCUT2D eigenvalue weighted by Gasteiger charge is -2.25. The first-order valence-electron chi connectivity index (χ1n) is 8.21. The molecule has 1 fully saturated rings. The Morgan fingerprint density at radius 1 is 1.27 bits per heavy atom. The van der Waals surface area contributed by atoms with Crippen LogP contribution < -0.4 is 5.32 Å². The molecule has 0 bridgehead atoms. The van der Waals surface area contributed by atoms with Crippen LogP contribution in [0.25, 0.3) is 0 Å². The van der Waals surface area contributed by atoms with Gasteiger partial charge in [-0.25, -0.2) is 8.42 Å². The molecule has 0 unspecified atom stereocenters. The van der Waals surface area contributed by atoms with Crippen LogP contribution in [-0.2, 0) is 21.4 Å². The van der Waals surface area contributed by atoms with Crippen molar-refractivity contribution in [2.45, 2.75) is 13.0 Å². The van der Waals surface area contributed by atoms with Crippen molar-refractivity contribution in [3.05, 3.63) is 53.9 Å². The summed E-state index contributed by atoms with van der Waals surface area (Å²) in [5.74, 6) is -1.01. The van der Waals surface area contributed by atoms with Gasteiger partial charge in [-0.2, -0.15) is 9.40 Å². The van der Waals surface area contributed by atoms with Crippen LogP contribution in [0.3, 0.4) is 0 Å². The van der Waals surface area contributed by atoms with Crippen LogP contribution >= 0.6 is 0 Å². The number of hydrogen-bond acceptors (Lipinski definition) is 5. The molecule has 0 atom stereocenters. The maximum absolute atomic E-state index is 12.3. The predicted octanol–water partition coefficient (Wildman–Crippen LogP) is 0.0660. The van der Waals surface area contributed by atoms with E-state index in [1.165, 1.54) is 10.9 Å². The highest BCUT2D eigenvalue weighted by atomic mass is 32.2. The molecule has 0 aliphatic carbocycles. The first-order valence-corrected chi connectivity index (χ1v) is 9.82. The fraction of sp³-hybridized carbons (Fsp3) is 0.353. The number of rotatable bonds is 7. The van der Waals surface area contributed by atoms with Crippen LogP contribution in [-0.4, -0.2) is 59.6 Å². The normalized spacial score (nSPS) is 15.6. The molecule has 0 spiro atoms. The van der Waals surface area contributed by atoms with E-state index in [2.05, 4.69) is 16.6 Å². The van der Waals surface area contributed by atoms with Gasteiger partial charge in [0, 0.05) is 19.5 Å². The van der Waals surface area contributed by atoms with Crippen molar-refractivity contribution in [3.8, 4) is 0 Å². The quantitative estimate of drug-likeness (QED) is 0.690. The van der Waals surface area contributed by atoms with E-state index in [9.17, 15) is 18.0 Å². The molecule has 1 radical (unpaired) electrons. The van der Waals surface area contributed by atoms with Gasteiger partial charge in [0.2, 0.25) is 15.9 Å². The Hall–Kier alpha value is -2.52. The first-order chi connectivity index (χ1) is 12.4. The number of Topliss-reactive ketones (excluding diaryl/α,β-unsaturated/α-hetero) is 1. The Balaban J connectivity index is 1.57. The summed E-state index contributed by atoms with van der Waals surface area (Å²) in [6.45, 7) is 0.794. The minimum Gasteiger partial charge on any atom is -0.354 e. The molecule has 9 heteroatoms. The van der Waals surface area contributed by atoms with Crippen LogP contribution in [0.5, 0.6) is 0 Å². The van der Waals surface area contributed by atoms with E-state index in [1.54, 1.807) is 0 Å². The van der Waals surface area contributed by atoms with E-state index in [0.29, 0.717) is 6.54 Å². The summed E-state index contributed by atoms with van der Waals surface area (Å²) in [6, 6.07) is 9.63. The number of ketones is 1. The molecule has 1 N–H and O–H groups in total. The molecule has 137 valence electrons. The molecule has 0 saturated carbocycles. The van der Waals surface area contributed by atoms with Gasteiger partial charge < -0.3 is 5.32 Å². The Kier molecular flexibility index (Phi) is 5.48. The molecule has 1 aliphatic rings. The molecule has 1 amide bonds. The molecular formula is C17H19N4O4S. The SMILES string of the molecule is O=C1CN(S(=O)(=O)CCC(=O)c2[c]n(Cc3ccccc3)nc2)CCN1. The van der Waals surface area contributed by atoms with Crippen LogP contribution in [0, 0.1) is 6.20 Å². The molecule has 3 rings (SSSR count). The van der Waals surface area contributed by atoms with Gasteiger partial charge >= 0.3 is 0 Å². The van der Waals surface area contributed by atoms with Crippen molar-refractivity contribution in [3.63, 3.8) is 0 Å². The van der Waals surface area contributed by atoms with Crippen LogP contribution in [0.1, 0.15) is 22.3 Å². The summed E-state index contributed by atoms with van der Waals surface area (Å²) in [5.41, 5.74) is 1.28. The van der Waals surface area contributed by atoms with Crippen LogP contribution in [0.2, 0.25) is 0 Å². The molecule has 1 saturated heterocycles. The fourth-order valence-electron chi connectivity index (χ4n) is 2.63. The Morgan fingerprint density at radius 3 is 2.77 bits per heavy atom. The third kappa shape index (κ3) is 4.55. The molecular weight excluding hydrogens is 356 g/mol. The number of amides is 1. The zero-order chi connectivity index (χ0) is 18.6. The maximum atomic E-state index is 12.3. The lowest BCUT2D eigenvalue weighted by Crippen LogP contribution is -2.50. The summed E-state index contributed by atoms with van der Waals surface area (Å²) < 4.78 is 27.2. The Bertz CT molecular complexity index is 892. The number of hydrogen-bond donors (Lipinski definition) is 1. The molecule has 2 heterocycles. The van der Waals surface area contributed by atoms with Gasteiger partial charge in [0.25, 0.3) is 0 Å². The van der Waals surface area contributed by atoms with Gasteiger partial charge in [0.05, 0.1) is 36.8 Å². The monoisotopic (exact) mass is 375 g/mol. The number of benzene rings is 1. The number of nitrogens with zero attached hydrogens (tertiary/aromatic N) is 3. The first kappa shape index (κ1) is 18.3. The summed E-state index contributed by atoms with van der Waals surface area (Å²) in [4.78, 5) is 23.6. The zero-order valence-electron chi connectivity index (χ0n) is 14.1. The minimum atomic E-state index is -3.65. The second kappa shape index (κ2) is 7.79. The van der Waals surface area contributed by atoms with Crippen molar-refractivity contribution in [1.82, 2.24) is 19.4 Å². The van der Waals surface area contributed by atoms with Crippen molar-refractivity contribution in [2.75, 3.05) is 25.4 Å². The van der Waals surface area contributed by atoms with Crippen LogP contribution in [0.15, 0.2) is 36.5 Å². The number of piperazine rings is 1. The highest BCUT2D eigenvalue weighted by Crippen LogP contribution is 2.10. The lowest BCUT2D eigenvalue weighted by atomic mass is 10.2. The molecule has 8 nitrogen and oxygen atoms in total. The van der Waals surface area contributed by atoms with Gasteiger partial charge in [0.1, 0.15) is 0 Å². The number of carbonyl (C=O) groups is 2. The van der Waals surface area contributed by atoms with Gasteiger partial charge in [-0.3, -0.25) is 14.3 Å².